The lowest BCUT2D eigenvalue weighted by atomic mass is 10.0. The number of aryl methyl sites for hydroxylation is 1. The average Bonchev–Trinajstić information content (AvgIpc) is 2.19. The van der Waals surface area contributed by atoms with Crippen LogP contribution in [-0.2, 0) is 0 Å². The second kappa shape index (κ2) is 3.62. The summed E-state index contributed by atoms with van der Waals surface area (Å²) in [5, 5.41) is 0. The zero-order valence-electron chi connectivity index (χ0n) is 8.08. The Hall–Kier alpha value is -1.64. The standard InChI is InChI=1S/C11H12N2O/c1-8-7-12-10(11(14)13-8)9-5-3-2-4-6-9/h2-3,6-7H,4-5H2,1H3,(H,13,14). The Bertz CT molecular complexity index is 455. The van der Waals surface area contributed by atoms with E-state index in [4.69, 9.17) is 0 Å². The molecule has 0 aromatic carbocycles. The Morgan fingerprint density at radius 1 is 1.43 bits per heavy atom. The van der Waals surface area contributed by atoms with Gasteiger partial charge in [-0.3, -0.25) is 4.79 Å². The molecule has 0 fully saturated rings. The lowest BCUT2D eigenvalue weighted by Gasteiger charge is -2.06. The summed E-state index contributed by atoms with van der Waals surface area (Å²) in [7, 11) is 0. The Morgan fingerprint density at radius 3 is 2.93 bits per heavy atom. The number of hydrogen-bond donors (Lipinski definition) is 1. The van der Waals surface area contributed by atoms with Crippen LogP contribution in [0.25, 0.3) is 5.57 Å². The zero-order valence-corrected chi connectivity index (χ0v) is 8.08. The maximum Gasteiger partial charge on any atom is 0.274 e. The molecule has 0 unspecified atom stereocenters. The van der Waals surface area contributed by atoms with Crippen LogP contribution in [0.1, 0.15) is 24.2 Å². The molecule has 0 bridgehead atoms. The first-order chi connectivity index (χ1) is 6.77. The molecule has 1 N–H and O–H groups in total. The van der Waals surface area contributed by atoms with Crippen molar-refractivity contribution in [1.82, 2.24) is 9.97 Å². The number of H-pyrrole nitrogens is 1. The summed E-state index contributed by atoms with van der Waals surface area (Å²) in [5.41, 5.74) is 2.28. The van der Waals surface area contributed by atoms with E-state index < -0.39 is 0 Å². The molecule has 3 heteroatoms. The van der Waals surface area contributed by atoms with E-state index in [0.29, 0.717) is 5.69 Å². The van der Waals surface area contributed by atoms with E-state index in [1.165, 1.54) is 0 Å². The van der Waals surface area contributed by atoms with Gasteiger partial charge in [0, 0.05) is 11.9 Å². The SMILES string of the molecule is Cc1cnc(C2=CCC=CC2)c(=O)[nH]1. The van der Waals surface area contributed by atoms with Gasteiger partial charge in [0.1, 0.15) is 5.69 Å². The maximum absolute atomic E-state index is 11.6. The molecule has 72 valence electrons. The predicted molar refractivity (Wildman–Crippen MR) is 55.9 cm³/mol. The van der Waals surface area contributed by atoms with Crippen LogP contribution in [0.5, 0.6) is 0 Å². The second-order valence-electron chi connectivity index (χ2n) is 3.38. The molecule has 1 aliphatic carbocycles. The molecule has 0 amide bonds. The summed E-state index contributed by atoms with van der Waals surface area (Å²) in [6.45, 7) is 1.83. The van der Waals surface area contributed by atoms with E-state index in [9.17, 15) is 4.79 Å². The smallest absolute Gasteiger partial charge is 0.274 e. The van der Waals surface area contributed by atoms with E-state index in [1.54, 1.807) is 6.20 Å². The number of nitrogens with zero attached hydrogens (tertiary/aromatic N) is 1. The van der Waals surface area contributed by atoms with E-state index in [2.05, 4.69) is 22.1 Å². The number of aromatic amines is 1. The summed E-state index contributed by atoms with van der Waals surface area (Å²) in [5.74, 6) is 0. The summed E-state index contributed by atoms with van der Waals surface area (Å²) in [6.07, 6.45) is 9.59. The Morgan fingerprint density at radius 2 is 2.29 bits per heavy atom. The van der Waals surface area contributed by atoms with Crippen molar-refractivity contribution in [3.8, 4) is 0 Å². The van der Waals surface area contributed by atoms with Gasteiger partial charge in [-0.2, -0.15) is 0 Å². The predicted octanol–water partition coefficient (Wildman–Crippen LogP) is 1.81. The highest BCUT2D eigenvalue weighted by molar-refractivity contribution is 5.64. The summed E-state index contributed by atoms with van der Waals surface area (Å²) in [6, 6.07) is 0. The maximum atomic E-state index is 11.6. The minimum absolute atomic E-state index is 0.0912. The number of aromatic nitrogens is 2. The van der Waals surface area contributed by atoms with E-state index in [-0.39, 0.29) is 5.56 Å². The topological polar surface area (TPSA) is 45.8 Å². The van der Waals surface area contributed by atoms with Crippen LogP contribution in [0, 0.1) is 6.92 Å². The molecule has 1 aromatic rings. The van der Waals surface area contributed by atoms with Gasteiger partial charge in [-0.05, 0) is 25.3 Å². The molecule has 0 saturated heterocycles. The van der Waals surface area contributed by atoms with Gasteiger partial charge in [0.15, 0.2) is 0 Å². The van der Waals surface area contributed by atoms with Crippen LogP contribution < -0.4 is 5.56 Å². The third-order valence-corrected chi connectivity index (χ3v) is 2.22. The van der Waals surface area contributed by atoms with Crippen LogP contribution in [0.15, 0.2) is 29.2 Å². The molecule has 14 heavy (non-hydrogen) atoms. The lowest BCUT2D eigenvalue weighted by molar-refractivity contribution is 1.03. The van der Waals surface area contributed by atoms with Crippen molar-refractivity contribution in [1.29, 1.82) is 0 Å². The summed E-state index contributed by atoms with van der Waals surface area (Å²) < 4.78 is 0. The quantitative estimate of drug-likeness (QED) is 0.683. The van der Waals surface area contributed by atoms with Crippen molar-refractivity contribution < 1.29 is 0 Å². The van der Waals surface area contributed by atoms with Gasteiger partial charge in [0.25, 0.3) is 5.56 Å². The van der Waals surface area contributed by atoms with Gasteiger partial charge in [0.2, 0.25) is 0 Å². The lowest BCUT2D eigenvalue weighted by Crippen LogP contribution is -2.15. The number of nitrogens with one attached hydrogen (secondary N) is 1. The van der Waals surface area contributed by atoms with Crippen molar-refractivity contribution in [2.24, 2.45) is 0 Å². The minimum atomic E-state index is -0.0912. The normalized spacial score (nSPS) is 15.4. The fourth-order valence-corrected chi connectivity index (χ4v) is 1.51. The van der Waals surface area contributed by atoms with E-state index in [0.717, 1.165) is 24.1 Å². The number of allylic oxidation sites excluding steroid dienone is 4. The molecule has 0 spiro atoms. The molecule has 0 radical (unpaired) electrons. The molecule has 2 rings (SSSR count). The van der Waals surface area contributed by atoms with Crippen molar-refractivity contribution in [2.45, 2.75) is 19.8 Å². The first-order valence-corrected chi connectivity index (χ1v) is 4.67. The van der Waals surface area contributed by atoms with Crippen molar-refractivity contribution in [3.05, 3.63) is 46.2 Å². The van der Waals surface area contributed by atoms with Crippen molar-refractivity contribution in [2.75, 3.05) is 0 Å². The molecule has 1 heterocycles. The average molecular weight is 188 g/mol. The van der Waals surface area contributed by atoms with Gasteiger partial charge in [0.05, 0.1) is 0 Å². The van der Waals surface area contributed by atoms with Gasteiger partial charge in [-0.1, -0.05) is 18.2 Å². The monoisotopic (exact) mass is 188 g/mol. The van der Waals surface area contributed by atoms with Crippen LogP contribution in [-0.4, -0.2) is 9.97 Å². The Balaban J connectivity index is 2.42. The molecule has 1 aromatic heterocycles. The summed E-state index contributed by atoms with van der Waals surface area (Å²) in [4.78, 5) is 18.5. The molecule has 1 aliphatic rings. The van der Waals surface area contributed by atoms with Crippen molar-refractivity contribution in [3.63, 3.8) is 0 Å². The molecule has 0 aliphatic heterocycles. The van der Waals surface area contributed by atoms with Crippen LogP contribution in [0.4, 0.5) is 0 Å². The first kappa shape index (κ1) is 8.94. The van der Waals surface area contributed by atoms with Gasteiger partial charge < -0.3 is 4.98 Å². The van der Waals surface area contributed by atoms with Crippen molar-refractivity contribution >= 4 is 5.57 Å². The molecule has 0 saturated carbocycles. The van der Waals surface area contributed by atoms with Crippen LogP contribution in [0.2, 0.25) is 0 Å². The molecular weight excluding hydrogens is 176 g/mol. The fraction of sp³-hybridized carbons (Fsp3) is 0.273. The molecular formula is C11H12N2O. The Labute approximate surface area is 82.2 Å². The molecule has 0 atom stereocenters. The largest absolute Gasteiger partial charge is 0.323 e. The molecule has 3 nitrogen and oxygen atoms in total. The zero-order chi connectivity index (χ0) is 9.97. The Kier molecular flexibility index (Phi) is 2.31. The highest BCUT2D eigenvalue weighted by Crippen LogP contribution is 2.17. The number of rotatable bonds is 1. The third kappa shape index (κ3) is 1.66. The fourth-order valence-electron chi connectivity index (χ4n) is 1.51. The highest BCUT2D eigenvalue weighted by Gasteiger charge is 2.08. The van der Waals surface area contributed by atoms with E-state index >= 15 is 0 Å². The first-order valence-electron chi connectivity index (χ1n) is 4.67. The summed E-state index contributed by atoms with van der Waals surface area (Å²) >= 11 is 0. The van der Waals surface area contributed by atoms with Gasteiger partial charge in [-0.15, -0.1) is 0 Å². The second-order valence-corrected chi connectivity index (χ2v) is 3.38. The van der Waals surface area contributed by atoms with Gasteiger partial charge >= 0.3 is 0 Å². The van der Waals surface area contributed by atoms with Crippen LogP contribution >= 0.6 is 0 Å². The number of hydrogen-bond acceptors (Lipinski definition) is 2. The van der Waals surface area contributed by atoms with Crippen LogP contribution in [0.3, 0.4) is 0 Å². The van der Waals surface area contributed by atoms with Gasteiger partial charge in [-0.25, -0.2) is 4.98 Å². The van der Waals surface area contributed by atoms with E-state index in [1.807, 2.05) is 13.0 Å². The highest BCUT2D eigenvalue weighted by atomic mass is 16.1. The minimum Gasteiger partial charge on any atom is -0.323 e. The third-order valence-electron chi connectivity index (χ3n) is 2.22.